The summed E-state index contributed by atoms with van der Waals surface area (Å²) in [6.07, 6.45) is 0. The largest absolute Gasteiger partial charge is 0.482 e. The van der Waals surface area contributed by atoms with Gasteiger partial charge in [-0.15, -0.1) is 0 Å². The van der Waals surface area contributed by atoms with Crippen LogP contribution in [-0.2, 0) is 9.59 Å². The van der Waals surface area contributed by atoms with Gasteiger partial charge in [-0.1, -0.05) is 23.7 Å². The fourth-order valence-corrected chi connectivity index (χ4v) is 4.12. The maximum absolute atomic E-state index is 12.5. The first kappa shape index (κ1) is 21.5. The van der Waals surface area contributed by atoms with Crippen molar-refractivity contribution in [2.45, 2.75) is 6.92 Å². The standard InChI is InChI=1S/C23H27ClN4O3/c1-17-3-2-4-19(13-17)27-11-9-26(10-12-27)8-7-25-22(29)15-28-20-14-18(24)5-6-21(20)31-16-23(28)30/h2-6,13-14H,7-12,15-16H2,1H3,(H,25,29). The number of hydrogen-bond donors (Lipinski definition) is 1. The topological polar surface area (TPSA) is 65.1 Å². The first-order chi connectivity index (χ1) is 15.0. The van der Waals surface area contributed by atoms with E-state index in [9.17, 15) is 9.59 Å². The molecule has 31 heavy (non-hydrogen) atoms. The van der Waals surface area contributed by atoms with Crippen LogP contribution in [0, 0.1) is 6.92 Å². The highest BCUT2D eigenvalue weighted by Gasteiger charge is 2.27. The SMILES string of the molecule is Cc1cccc(N2CCN(CCNC(=O)CN3C(=O)COc4ccc(Cl)cc43)CC2)c1. The lowest BCUT2D eigenvalue weighted by molar-refractivity contribution is -0.125. The molecule has 164 valence electrons. The number of amides is 2. The van der Waals surface area contributed by atoms with Crippen LogP contribution in [0.3, 0.4) is 0 Å². The molecule has 0 spiro atoms. The van der Waals surface area contributed by atoms with Crippen LogP contribution in [0.5, 0.6) is 5.75 Å². The van der Waals surface area contributed by atoms with Gasteiger partial charge < -0.3 is 15.0 Å². The number of fused-ring (bicyclic) bond motifs is 1. The number of halogens is 1. The van der Waals surface area contributed by atoms with Crippen molar-refractivity contribution in [2.24, 2.45) is 0 Å². The molecule has 0 bridgehead atoms. The van der Waals surface area contributed by atoms with Gasteiger partial charge in [-0.25, -0.2) is 0 Å². The van der Waals surface area contributed by atoms with E-state index in [1.165, 1.54) is 16.2 Å². The molecule has 2 heterocycles. The Bertz CT molecular complexity index is 960. The molecule has 0 aromatic heterocycles. The maximum Gasteiger partial charge on any atom is 0.265 e. The molecular weight excluding hydrogens is 416 g/mol. The summed E-state index contributed by atoms with van der Waals surface area (Å²) in [6.45, 7) is 7.17. The molecular formula is C23H27ClN4O3. The summed E-state index contributed by atoms with van der Waals surface area (Å²) in [4.78, 5) is 30.9. The van der Waals surface area contributed by atoms with Gasteiger partial charge in [0.05, 0.1) is 5.69 Å². The predicted molar refractivity (Wildman–Crippen MR) is 122 cm³/mol. The van der Waals surface area contributed by atoms with Gasteiger partial charge in [0.25, 0.3) is 5.91 Å². The van der Waals surface area contributed by atoms with Crippen LogP contribution in [-0.4, -0.2) is 69.1 Å². The lowest BCUT2D eigenvalue weighted by Crippen LogP contribution is -2.49. The van der Waals surface area contributed by atoms with E-state index in [1.807, 2.05) is 0 Å². The average Bonchev–Trinajstić information content (AvgIpc) is 2.76. The monoisotopic (exact) mass is 442 g/mol. The lowest BCUT2D eigenvalue weighted by atomic mass is 10.2. The molecule has 0 atom stereocenters. The van der Waals surface area contributed by atoms with Crippen molar-refractivity contribution in [1.82, 2.24) is 10.2 Å². The summed E-state index contributed by atoms with van der Waals surface area (Å²) in [6, 6.07) is 13.6. The highest BCUT2D eigenvalue weighted by atomic mass is 35.5. The second-order valence-corrected chi connectivity index (χ2v) is 8.33. The molecule has 0 unspecified atom stereocenters. The molecule has 2 amide bonds. The minimum Gasteiger partial charge on any atom is -0.482 e. The molecule has 1 N–H and O–H groups in total. The van der Waals surface area contributed by atoms with Crippen LogP contribution in [0.15, 0.2) is 42.5 Å². The number of rotatable bonds is 6. The Hall–Kier alpha value is -2.77. The van der Waals surface area contributed by atoms with Crippen LogP contribution >= 0.6 is 11.6 Å². The Balaban J connectivity index is 1.23. The molecule has 2 aromatic rings. The molecule has 7 nitrogen and oxygen atoms in total. The average molecular weight is 443 g/mol. The molecule has 0 aliphatic carbocycles. The maximum atomic E-state index is 12.5. The third-order valence-corrected chi connectivity index (χ3v) is 5.89. The zero-order chi connectivity index (χ0) is 21.8. The van der Waals surface area contributed by atoms with Gasteiger partial charge in [-0.3, -0.25) is 19.4 Å². The Morgan fingerprint density at radius 3 is 2.71 bits per heavy atom. The van der Waals surface area contributed by atoms with Crippen LogP contribution in [0.4, 0.5) is 11.4 Å². The third kappa shape index (κ3) is 5.29. The second kappa shape index (κ2) is 9.58. The number of piperazine rings is 1. The Labute approximate surface area is 187 Å². The highest BCUT2D eigenvalue weighted by molar-refractivity contribution is 6.31. The van der Waals surface area contributed by atoms with Crippen molar-refractivity contribution in [1.29, 1.82) is 0 Å². The van der Waals surface area contributed by atoms with E-state index >= 15 is 0 Å². The van der Waals surface area contributed by atoms with Gasteiger partial charge in [0.15, 0.2) is 6.61 Å². The number of nitrogens with one attached hydrogen (secondary N) is 1. The summed E-state index contributed by atoms with van der Waals surface area (Å²) in [7, 11) is 0. The Morgan fingerprint density at radius 1 is 1.13 bits per heavy atom. The van der Waals surface area contributed by atoms with E-state index in [1.54, 1.807) is 18.2 Å². The minimum absolute atomic E-state index is 0.0450. The Kier molecular flexibility index (Phi) is 6.63. The van der Waals surface area contributed by atoms with Gasteiger partial charge in [0, 0.05) is 50.0 Å². The number of ether oxygens (including phenoxy) is 1. The van der Waals surface area contributed by atoms with Gasteiger partial charge in [0.2, 0.25) is 5.91 Å². The van der Waals surface area contributed by atoms with E-state index in [2.05, 4.69) is 46.3 Å². The van der Waals surface area contributed by atoms with Crippen molar-refractivity contribution >= 4 is 34.8 Å². The van der Waals surface area contributed by atoms with Crippen molar-refractivity contribution in [2.75, 3.05) is 62.2 Å². The van der Waals surface area contributed by atoms with E-state index in [0.29, 0.717) is 23.0 Å². The van der Waals surface area contributed by atoms with Crippen molar-refractivity contribution < 1.29 is 14.3 Å². The molecule has 0 saturated carbocycles. The van der Waals surface area contributed by atoms with E-state index in [-0.39, 0.29) is 25.0 Å². The molecule has 1 saturated heterocycles. The van der Waals surface area contributed by atoms with Crippen LogP contribution in [0.2, 0.25) is 5.02 Å². The Morgan fingerprint density at radius 2 is 1.94 bits per heavy atom. The quantitative estimate of drug-likeness (QED) is 0.743. The molecule has 1 fully saturated rings. The zero-order valence-corrected chi connectivity index (χ0v) is 18.4. The summed E-state index contributed by atoms with van der Waals surface area (Å²) in [5.74, 6) is 0.111. The number of carbonyl (C=O) groups excluding carboxylic acids is 2. The number of carbonyl (C=O) groups is 2. The van der Waals surface area contributed by atoms with E-state index in [4.69, 9.17) is 16.3 Å². The second-order valence-electron chi connectivity index (χ2n) is 7.90. The van der Waals surface area contributed by atoms with Crippen LogP contribution < -0.4 is 19.9 Å². The van der Waals surface area contributed by atoms with Gasteiger partial charge in [-0.05, 0) is 42.8 Å². The zero-order valence-electron chi connectivity index (χ0n) is 17.6. The summed E-state index contributed by atoms with van der Waals surface area (Å²) in [5, 5.41) is 3.42. The fraction of sp³-hybridized carbons (Fsp3) is 0.391. The molecule has 0 radical (unpaired) electrons. The van der Waals surface area contributed by atoms with E-state index < -0.39 is 0 Å². The fourth-order valence-electron chi connectivity index (χ4n) is 3.96. The first-order valence-electron chi connectivity index (χ1n) is 10.5. The van der Waals surface area contributed by atoms with Crippen LogP contribution in [0.25, 0.3) is 0 Å². The third-order valence-electron chi connectivity index (χ3n) is 5.65. The van der Waals surface area contributed by atoms with Crippen LogP contribution in [0.1, 0.15) is 5.56 Å². The number of nitrogens with zero attached hydrogens (tertiary/aromatic N) is 3. The van der Waals surface area contributed by atoms with Crippen molar-refractivity contribution in [3.63, 3.8) is 0 Å². The van der Waals surface area contributed by atoms with Crippen molar-refractivity contribution in [3.05, 3.63) is 53.1 Å². The molecule has 2 aliphatic heterocycles. The summed E-state index contributed by atoms with van der Waals surface area (Å²) in [5.41, 5.74) is 3.07. The normalized spacial score (nSPS) is 16.6. The number of aryl methyl sites for hydroxylation is 1. The number of benzene rings is 2. The van der Waals surface area contributed by atoms with Gasteiger partial charge >= 0.3 is 0 Å². The smallest absolute Gasteiger partial charge is 0.265 e. The molecule has 2 aromatic carbocycles. The summed E-state index contributed by atoms with van der Waals surface area (Å²) < 4.78 is 5.42. The number of hydrogen-bond acceptors (Lipinski definition) is 5. The van der Waals surface area contributed by atoms with Crippen molar-refractivity contribution in [3.8, 4) is 5.75 Å². The van der Waals surface area contributed by atoms with Gasteiger partial charge in [-0.2, -0.15) is 0 Å². The number of anilines is 2. The molecule has 4 rings (SSSR count). The van der Waals surface area contributed by atoms with Gasteiger partial charge in [0.1, 0.15) is 12.3 Å². The first-order valence-corrected chi connectivity index (χ1v) is 10.9. The summed E-state index contributed by atoms with van der Waals surface area (Å²) >= 11 is 6.05. The van der Waals surface area contributed by atoms with E-state index in [0.717, 1.165) is 32.7 Å². The lowest BCUT2D eigenvalue weighted by Gasteiger charge is -2.36. The minimum atomic E-state index is -0.253. The molecule has 8 heteroatoms. The molecule has 2 aliphatic rings. The highest BCUT2D eigenvalue weighted by Crippen LogP contribution is 2.34. The predicted octanol–water partition coefficient (Wildman–Crippen LogP) is 2.31.